The lowest BCUT2D eigenvalue weighted by atomic mass is 10.2. The van der Waals surface area contributed by atoms with E-state index in [0.717, 1.165) is 16.1 Å². The Morgan fingerprint density at radius 1 is 1.10 bits per heavy atom. The Labute approximate surface area is 181 Å². The van der Waals surface area contributed by atoms with Crippen molar-refractivity contribution in [3.63, 3.8) is 0 Å². The van der Waals surface area contributed by atoms with Gasteiger partial charge in [-0.25, -0.2) is 0 Å². The maximum Gasteiger partial charge on any atom is 0.230 e. The second-order valence-electron chi connectivity index (χ2n) is 5.99. The topological polar surface area (TPSA) is 72.7 Å². The quantitative estimate of drug-likeness (QED) is 0.429. The van der Waals surface area contributed by atoms with E-state index in [9.17, 15) is 4.79 Å². The van der Waals surface area contributed by atoms with Crippen molar-refractivity contribution in [1.82, 2.24) is 25.1 Å². The van der Waals surface area contributed by atoms with Crippen LogP contribution >= 0.6 is 34.7 Å². The molecule has 0 radical (unpaired) electrons. The molecule has 0 bridgehead atoms. The summed E-state index contributed by atoms with van der Waals surface area (Å²) in [5, 5.41) is 12.2. The van der Waals surface area contributed by atoms with E-state index in [2.05, 4.69) is 20.5 Å². The molecule has 3 heterocycles. The molecule has 0 fully saturated rings. The fourth-order valence-corrected chi connectivity index (χ4v) is 4.48. The molecule has 0 unspecified atom stereocenters. The number of amides is 1. The number of thiophene rings is 1. The molecule has 0 aliphatic heterocycles. The van der Waals surface area contributed by atoms with Crippen molar-refractivity contribution in [3.05, 3.63) is 76.2 Å². The Morgan fingerprint density at radius 2 is 1.97 bits per heavy atom. The molecule has 146 valence electrons. The standard InChI is InChI=1S/C20H16ClN5OS2/c21-17-9-8-16(29-17)12-23-18(27)13-28-20-25-24-19(14-5-4-10-22-11-14)26(20)15-6-2-1-3-7-15/h1-11H,12-13H2,(H,23,27). The highest BCUT2D eigenvalue weighted by molar-refractivity contribution is 7.99. The number of hydrogen-bond acceptors (Lipinski definition) is 6. The van der Waals surface area contributed by atoms with Gasteiger partial charge in [0.1, 0.15) is 0 Å². The zero-order valence-corrected chi connectivity index (χ0v) is 17.5. The van der Waals surface area contributed by atoms with Crippen molar-refractivity contribution in [2.45, 2.75) is 11.7 Å². The van der Waals surface area contributed by atoms with Crippen LogP contribution in [0.2, 0.25) is 4.34 Å². The van der Waals surface area contributed by atoms with E-state index in [4.69, 9.17) is 11.6 Å². The fourth-order valence-electron chi connectivity index (χ4n) is 2.67. The number of pyridine rings is 1. The van der Waals surface area contributed by atoms with E-state index in [1.165, 1.54) is 23.1 Å². The highest BCUT2D eigenvalue weighted by atomic mass is 35.5. The molecule has 6 nitrogen and oxygen atoms in total. The molecule has 4 aromatic rings. The second-order valence-corrected chi connectivity index (χ2v) is 8.73. The number of carbonyl (C=O) groups excluding carboxylic acids is 1. The van der Waals surface area contributed by atoms with Crippen LogP contribution in [0.3, 0.4) is 0 Å². The van der Waals surface area contributed by atoms with Crippen LogP contribution in [0.1, 0.15) is 4.88 Å². The van der Waals surface area contributed by atoms with Crippen LogP contribution in [0.25, 0.3) is 17.1 Å². The third-order valence-corrected chi connectivity index (χ3v) is 6.15. The highest BCUT2D eigenvalue weighted by Gasteiger charge is 2.17. The number of nitrogens with one attached hydrogen (secondary N) is 1. The van der Waals surface area contributed by atoms with Gasteiger partial charge in [-0.15, -0.1) is 21.5 Å². The van der Waals surface area contributed by atoms with Gasteiger partial charge >= 0.3 is 0 Å². The van der Waals surface area contributed by atoms with E-state index >= 15 is 0 Å². The van der Waals surface area contributed by atoms with Gasteiger partial charge in [0.25, 0.3) is 0 Å². The van der Waals surface area contributed by atoms with Crippen molar-refractivity contribution in [2.75, 3.05) is 5.75 Å². The summed E-state index contributed by atoms with van der Waals surface area (Å²) in [6.45, 7) is 0.461. The van der Waals surface area contributed by atoms with Crippen molar-refractivity contribution >= 4 is 40.6 Å². The van der Waals surface area contributed by atoms with Crippen LogP contribution in [-0.4, -0.2) is 31.4 Å². The normalized spacial score (nSPS) is 10.8. The predicted molar refractivity (Wildman–Crippen MR) is 116 cm³/mol. The average Bonchev–Trinajstić information content (AvgIpc) is 3.38. The van der Waals surface area contributed by atoms with Gasteiger partial charge in [0.05, 0.1) is 16.6 Å². The Kier molecular flexibility index (Phi) is 6.24. The Morgan fingerprint density at radius 3 is 2.69 bits per heavy atom. The molecular weight excluding hydrogens is 426 g/mol. The van der Waals surface area contributed by atoms with E-state index in [0.29, 0.717) is 21.9 Å². The molecule has 0 atom stereocenters. The first-order valence-electron chi connectivity index (χ1n) is 8.75. The van der Waals surface area contributed by atoms with Crippen molar-refractivity contribution in [1.29, 1.82) is 0 Å². The van der Waals surface area contributed by atoms with Crippen molar-refractivity contribution in [2.24, 2.45) is 0 Å². The monoisotopic (exact) mass is 441 g/mol. The van der Waals surface area contributed by atoms with E-state index in [-0.39, 0.29) is 11.7 Å². The summed E-state index contributed by atoms with van der Waals surface area (Å²) < 4.78 is 2.65. The lowest BCUT2D eigenvalue weighted by Gasteiger charge is -2.10. The van der Waals surface area contributed by atoms with Gasteiger partial charge < -0.3 is 5.32 Å². The Balaban J connectivity index is 1.51. The molecule has 3 aromatic heterocycles. The number of rotatable bonds is 7. The fraction of sp³-hybridized carbons (Fsp3) is 0.100. The molecular formula is C20H16ClN5OS2. The van der Waals surface area contributed by atoms with Gasteiger partial charge in [-0.2, -0.15) is 0 Å². The minimum Gasteiger partial charge on any atom is -0.350 e. The zero-order valence-electron chi connectivity index (χ0n) is 15.2. The largest absolute Gasteiger partial charge is 0.350 e. The lowest BCUT2D eigenvalue weighted by Crippen LogP contribution is -2.24. The van der Waals surface area contributed by atoms with Gasteiger partial charge in [-0.05, 0) is 36.4 Å². The van der Waals surface area contributed by atoms with Crippen molar-refractivity contribution < 1.29 is 4.79 Å². The Hall–Kier alpha value is -2.68. The number of hydrogen-bond donors (Lipinski definition) is 1. The van der Waals surface area contributed by atoms with Crippen LogP contribution in [0.4, 0.5) is 0 Å². The van der Waals surface area contributed by atoms with E-state index < -0.39 is 0 Å². The molecule has 0 saturated heterocycles. The number of halogens is 1. The van der Waals surface area contributed by atoms with Gasteiger partial charge in [-0.3, -0.25) is 14.3 Å². The first-order chi connectivity index (χ1) is 14.2. The molecule has 0 saturated carbocycles. The van der Waals surface area contributed by atoms with Gasteiger partial charge in [0.2, 0.25) is 5.91 Å². The Bertz CT molecular complexity index is 1100. The number of para-hydroxylation sites is 1. The number of thioether (sulfide) groups is 1. The number of aromatic nitrogens is 4. The SMILES string of the molecule is O=C(CSc1nnc(-c2cccnc2)n1-c1ccccc1)NCc1ccc(Cl)s1. The van der Waals surface area contributed by atoms with Gasteiger partial charge in [0.15, 0.2) is 11.0 Å². The molecule has 1 N–H and O–H groups in total. The molecule has 0 aliphatic carbocycles. The summed E-state index contributed by atoms with van der Waals surface area (Å²) in [6, 6.07) is 17.3. The molecule has 9 heteroatoms. The van der Waals surface area contributed by atoms with E-state index in [1.807, 2.05) is 59.2 Å². The van der Waals surface area contributed by atoms with Gasteiger partial charge in [0, 0.05) is 28.5 Å². The molecule has 29 heavy (non-hydrogen) atoms. The number of nitrogens with zero attached hydrogens (tertiary/aromatic N) is 4. The number of benzene rings is 1. The third kappa shape index (κ3) is 4.84. The second kappa shape index (κ2) is 9.21. The first kappa shape index (κ1) is 19.6. The third-order valence-electron chi connectivity index (χ3n) is 3.99. The molecule has 1 aromatic carbocycles. The maximum atomic E-state index is 12.3. The summed E-state index contributed by atoms with van der Waals surface area (Å²) >= 11 is 8.72. The van der Waals surface area contributed by atoms with Crippen LogP contribution in [0.15, 0.2) is 72.1 Å². The van der Waals surface area contributed by atoms with E-state index in [1.54, 1.807) is 12.4 Å². The predicted octanol–water partition coefficient (Wildman–Crippen LogP) is 4.45. The summed E-state index contributed by atoms with van der Waals surface area (Å²) in [6.07, 6.45) is 3.46. The molecule has 4 rings (SSSR count). The molecule has 0 aliphatic rings. The lowest BCUT2D eigenvalue weighted by molar-refractivity contribution is -0.118. The van der Waals surface area contributed by atoms with Crippen LogP contribution in [0, 0.1) is 0 Å². The summed E-state index contributed by atoms with van der Waals surface area (Å²) in [5.74, 6) is 0.836. The summed E-state index contributed by atoms with van der Waals surface area (Å²) in [4.78, 5) is 17.5. The first-order valence-corrected chi connectivity index (χ1v) is 10.9. The van der Waals surface area contributed by atoms with Crippen LogP contribution in [0.5, 0.6) is 0 Å². The minimum atomic E-state index is -0.0786. The van der Waals surface area contributed by atoms with Crippen molar-refractivity contribution in [3.8, 4) is 17.1 Å². The summed E-state index contributed by atoms with van der Waals surface area (Å²) in [7, 11) is 0. The van der Waals surface area contributed by atoms with Gasteiger partial charge in [-0.1, -0.05) is 41.6 Å². The number of carbonyl (C=O) groups is 1. The molecule has 1 amide bonds. The average molecular weight is 442 g/mol. The highest BCUT2D eigenvalue weighted by Crippen LogP contribution is 2.27. The van der Waals surface area contributed by atoms with Crippen LogP contribution < -0.4 is 5.32 Å². The minimum absolute atomic E-state index is 0.0786. The molecule has 0 spiro atoms. The zero-order chi connectivity index (χ0) is 20.1. The van der Waals surface area contributed by atoms with Crippen LogP contribution in [-0.2, 0) is 11.3 Å². The maximum absolute atomic E-state index is 12.3. The summed E-state index contributed by atoms with van der Waals surface area (Å²) in [5.41, 5.74) is 1.78. The smallest absolute Gasteiger partial charge is 0.230 e.